The van der Waals surface area contributed by atoms with E-state index in [1.54, 1.807) is 0 Å². The van der Waals surface area contributed by atoms with Gasteiger partial charge in [-0.3, -0.25) is 0 Å². The number of nitrogens with zero attached hydrogens (tertiary/aromatic N) is 1. The molecular weight excluding hydrogens is 300 g/mol. The lowest BCUT2D eigenvalue weighted by molar-refractivity contribution is 0.199. The fourth-order valence-electron chi connectivity index (χ4n) is 2.78. The third-order valence-electron chi connectivity index (χ3n) is 3.75. The molecule has 0 unspecified atom stereocenters. The van der Waals surface area contributed by atoms with E-state index in [-0.39, 0.29) is 19.2 Å². The first-order valence-electron chi connectivity index (χ1n) is 7.04. The highest BCUT2D eigenvalue weighted by molar-refractivity contribution is 7.89. The molecule has 1 aromatic rings. The van der Waals surface area contributed by atoms with E-state index in [1.807, 2.05) is 0 Å². The molecule has 1 N–H and O–H groups in total. The van der Waals surface area contributed by atoms with Gasteiger partial charge in [0.25, 0.3) is 0 Å². The maximum atomic E-state index is 13.3. The molecule has 0 radical (unpaired) electrons. The average Bonchev–Trinajstić information content (AvgIpc) is 2.44. The summed E-state index contributed by atoms with van der Waals surface area (Å²) in [5.41, 5.74) is 0. The lowest BCUT2D eigenvalue weighted by Gasteiger charge is -2.33. The Morgan fingerprint density at radius 3 is 2.19 bits per heavy atom. The minimum atomic E-state index is -4.01. The van der Waals surface area contributed by atoms with Crippen LogP contribution in [0.3, 0.4) is 0 Å². The molecule has 2 rings (SSSR count). The van der Waals surface area contributed by atoms with Gasteiger partial charge >= 0.3 is 0 Å². The summed E-state index contributed by atoms with van der Waals surface area (Å²) in [5, 5.41) is 9.13. The number of hydrogen-bond acceptors (Lipinski definition) is 3. The van der Waals surface area contributed by atoms with Gasteiger partial charge in [0, 0.05) is 18.7 Å². The second-order valence-electron chi connectivity index (χ2n) is 5.24. The maximum absolute atomic E-state index is 13.3. The summed E-state index contributed by atoms with van der Waals surface area (Å²) >= 11 is 0. The fraction of sp³-hybridized carbons (Fsp3) is 0.571. The first-order chi connectivity index (χ1) is 9.95. The smallest absolute Gasteiger partial charge is 0.243 e. The van der Waals surface area contributed by atoms with Crippen molar-refractivity contribution < 1.29 is 22.3 Å². The van der Waals surface area contributed by atoms with Crippen molar-refractivity contribution in [3.05, 3.63) is 29.8 Å². The average molecular weight is 319 g/mol. The largest absolute Gasteiger partial charge is 0.395 e. The van der Waals surface area contributed by atoms with Crippen LogP contribution in [-0.2, 0) is 10.0 Å². The first-order valence-corrected chi connectivity index (χ1v) is 8.48. The van der Waals surface area contributed by atoms with Crippen LogP contribution in [-0.4, -0.2) is 37.0 Å². The second-order valence-corrected chi connectivity index (χ2v) is 7.13. The number of rotatable bonds is 5. The molecule has 1 aliphatic rings. The summed E-state index contributed by atoms with van der Waals surface area (Å²) in [4.78, 5) is -0.404. The zero-order chi connectivity index (χ0) is 15.5. The zero-order valence-electron chi connectivity index (χ0n) is 11.6. The highest BCUT2D eigenvalue weighted by Crippen LogP contribution is 2.28. The molecule has 0 atom stereocenters. The summed E-state index contributed by atoms with van der Waals surface area (Å²) < 4.78 is 53.0. The molecule has 1 aromatic carbocycles. The predicted molar refractivity (Wildman–Crippen MR) is 74.2 cm³/mol. The van der Waals surface area contributed by atoms with Gasteiger partial charge in [-0.15, -0.1) is 0 Å². The van der Waals surface area contributed by atoms with Crippen LogP contribution in [0.4, 0.5) is 8.78 Å². The normalized spacial score (nSPS) is 17.3. The molecule has 0 heterocycles. The number of aliphatic hydroxyl groups excluding tert-OH is 1. The Kier molecular flexibility index (Phi) is 5.29. The van der Waals surface area contributed by atoms with E-state index in [2.05, 4.69) is 0 Å². The third-order valence-corrected chi connectivity index (χ3v) is 5.67. The lowest BCUT2D eigenvalue weighted by Crippen LogP contribution is -2.43. The quantitative estimate of drug-likeness (QED) is 0.906. The molecule has 1 fully saturated rings. The van der Waals surface area contributed by atoms with Crippen molar-refractivity contribution in [1.29, 1.82) is 0 Å². The van der Waals surface area contributed by atoms with Crippen LogP contribution in [0.5, 0.6) is 0 Å². The van der Waals surface area contributed by atoms with E-state index in [9.17, 15) is 17.2 Å². The van der Waals surface area contributed by atoms with Gasteiger partial charge < -0.3 is 5.11 Å². The second kappa shape index (κ2) is 6.81. The summed E-state index contributed by atoms with van der Waals surface area (Å²) in [7, 11) is -4.01. The Hall–Kier alpha value is -1.05. The number of hydrogen-bond donors (Lipinski definition) is 1. The van der Waals surface area contributed by atoms with Crippen molar-refractivity contribution in [2.24, 2.45) is 0 Å². The molecule has 118 valence electrons. The lowest BCUT2D eigenvalue weighted by atomic mass is 9.95. The highest BCUT2D eigenvalue weighted by Gasteiger charge is 2.32. The Balaban J connectivity index is 2.36. The van der Waals surface area contributed by atoms with Crippen molar-refractivity contribution in [3.8, 4) is 0 Å². The number of halogens is 2. The van der Waals surface area contributed by atoms with Crippen molar-refractivity contribution in [2.45, 2.75) is 43.0 Å². The number of benzene rings is 1. The Labute approximate surface area is 123 Å². The number of aliphatic hydroxyl groups is 1. The molecule has 0 aromatic heterocycles. The van der Waals surface area contributed by atoms with Gasteiger partial charge in [-0.25, -0.2) is 17.2 Å². The van der Waals surface area contributed by atoms with E-state index in [1.165, 1.54) is 4.31 Å². The van der Waals surface area contributed by atoms with Crippen LogP contribution in [0.1, 0.15) is 32.1 Å². The van der Waals surface area contributed by atoms with E-state index in [0.717, 1.165) is 31.4 Å². The van der Waals surface area contributed by atoms with E-state index >= 15 is 0 Å². The third kappa shape index (κ3) is 3.78. The van der Waals surface area contributed by atoms with Crippen LogP contribution in [0.2, 0.25) is 0 Å². The molecule has 21 heavy (non-hydrogen) atoms. The predicted octanol–water partition coefficient (Wildman–Crippen LogP) is 2.28. The monoisotopic (exact) mass is 319 g/mol. The molecule has 7 heteroatoms. The Morgan fingerprint density at radius 1 is 1.10 bits per heavy atom. The van der Waals surface area contributed by atoms with E-state index in [4.69, 9.17) is 5.11 Å². The molecule has 0 saturated heterocycles. The van der Waals surface area contributed by atoms with Crippen LogP contribution < -0.4 is 0 Å². The van der Waals surface area contributed by atoms with Crippen LogP contribution in [0.15, 0.2) is 23.1 Å². The standard InChI is InChI=1S/C14H19F2NO3S/c15-11-8-12(16)10-14(9-11)21(19,20)17(6-7-18)13-4-2-1-3-5-13/h8-10,13,18H,1-7H2. The summed E-state index contributed by atoms with van der Waals surface area (Å²) in [6, 6.07) is 2.04. The van der Waals surface area contributed by atoms with Gasteiger partial charge in [-0.2, -0.15) is 4.31 Å². The van der Waals surface area contributed by atoms with Gasteiger partial charge in [0.1, 0.15) is 11.6 Å². The van der Waals surface area contributed by atoms with Gasteiger partial charge in [-0.1, -0.05) is 19.3 Å². The molecule has 0 amide bonds. The zero-order valence-corrected chi connectivity index (χ0v) is 12.5. The SMILES string of the molecule is O=S(=O)(c1cc(F)cc(F)c1)N(CCO)C1CCCCC1. The first kappa shape index (κ1) is 16.3. The Bertz CT molecular complexity index is 566. The molecule has 4 nitrogen and oxygen atoms in total. The molecule has 0 spiro atoms. The molecule has 0 bridgehead atoms. The summed E-state index contributed by atoms with van der Waals surface area (Å²) in [6.45, 7) is -0.390. The van der Waals surface area contributed by atoms with Crippen LogP contribution in [0, 0.1) is 11.6 Å². The van der Waals surface area contributed by atoms with Crippen molar-refractivity contribution >= 4 is 10.0 Å². The molecule has 1 aliphatic carbocycles. The minimum Gasteiger partial charge on any atom is -0.395 e. The van der Waals surface area contributed by atoms with Crippen molar-refractivity contribution in [3.63, 3.8) is 0 Å². The topological polar surface area (TPSA) is 57.6 Å². The molecule has 1 saturated carbocycles. The van der Waals surface area contributed by atoms with Crippen molar-refractivity contribution in [1.82, 2.24) is 4.31 Å². The van der Waals surface area contributed by atoms with Gasteiger partial charge in [0.05, 0.1) is 11.5 Å². The van der Waals surface area contributed by atoms with Crippen molar-refractivity contribution in [2.75, 3.05) is 13.2 Å². The van der Waals surface area contributed by atoms with Gasteiger partial charge in [0.15, 0.2) is 0 Å². The summed E-state index contributed by atoms with van der Waals surface area (Å²) in [5.74, 6) is -1.86. The molecule has 0 aliphatic heterocycles. The fourth-order valence-corrected chi connectivity index (χ4v) is 4.50. The van der Waals surface area contributed by atoms with E-state index in [0.29, 0.717) is 18.9 Å². The minimum absolute atomic E-state index is 0.0644. The number of sulfonamides is 1. The van der Waals surface area contributed by atoms with Gasteiger partial charge in [-0.05, 0) is 25.0 Å². The summed E-state index contributed by atoms with van der Waals surface area (Å²) in [6.07, 6.45) is 4.30. The van der Waals surface area contributed by atoms with Gasteiger partial charge in [0.2, 0.25) is 10.0 Å². The van der Waals surface area contributed by atoms with Crippen LogP contribution in [0.25, 0.3) is 0 Å². The van der Waals surface area contributed by atoms with Crippen LogP contribution >= 0.6 is 0 Å². The highest BCUT2D eigenvalue weighted by atomic mass is 32.2. The molecular formula is C14H19F2NO3S. The Morgan fingerprint density at radius 2 is 1.67 bits per heavy atom. The van der Waals surface area contributed by atoms with E-state index < -0.39 is 26.6 Å². The maximum Gasteiger partial charge on any atom is 0.243 e.